The Labute approximate surface area is 201 Å². The van der Waals surface area contributed by atoms with Crippen LogP contribution in [-0.4, -0.2) is 24.0 Å². The SMILES string of the molecule is COC(=O)c1ccccc1OC(=O)c1ccc2c(c1)[C@H]1C=CC[C@@H]1[C@H](c1ccc([N+](=O)[O-])cc1)N2. The standard InChI is InChI=1S/C27H22N2O6/c1-34-27(31)21-5-2-3-8-24(21)35-26(30)17-11-14-23-22(15-17)19-6-4-7-20(19)25(28-23)16-9-12-18(13-10-16)29(32)33/h2-6,8-15,19-20,25,28H,7H2,1H3/t19-,20-,25-/m0/s1. The maximum Gasteiger partial charge on any atom is 0.343 e. The van der Waals surface area contributed by atoms with Gasteiger partial charge in [0, 0.05) is 23.7 Å². The number of nitro benzene ring substituents is 1. The van der Waals surface area contributed by atoms with Crippen molar-refractivity contribution < 1.29 is 24.0 Å². The van der Waals surface area contributed by atoms with Crippen LogP contribution >= 0.6 is 0 Å². The van der Waals surface area contributed by atoms with Crippen molar-refractivity contribution >= 4 is 23.3 Å². The van der Waals surface area contributed by atoms with E-state index in [0.29, 0.717) is 5.56 Å². The fourth-order valence-corrected chi connectivity index (χ4v) is 4.85. The van der Waals surface area contributed by atoms with Gasteiger partial charge in [-0.15, -0.1) is 0 Å². The molecule has 1 aliphatic heterocycles. The van der Waals surface area contributed by atoms with Gasteiger partial charge in [-0.05, 0) is 53.8 Å². The zero-order valence-corrected chi connectivity index (χ0v) is 18.8. The van der Waals surface area contributed by atoms with Gasteiger partial charge in [-0.2, -0.15) is 0 Å². The van der Waals surface area contributed by atoms with E-state index in [4.69, 9.17) is 9.47 Å². The summed E-state index contributed by atoms with van der Waals surface area (Å²) in [4.78, 5) is 35.6. The van der Waals surface area contributed by atoms with Gasteiger partial charge in [-0.25, -0.2) is 9.59 Å². The summed E-state index contributed by atoms with van der Waals surface area (Å²) < 4.78 is 10.3. The molecule has 0 saturated carbocycles. The van der Waals surface area contributed by atoms with Crippen LogP contribution in [0, 0.1) is 16.0 Å². The molecule has 8 nitrogen and oxygen atoms in total. The fraction of sp³-hybridized carbons (Fsp3) is 0.185. The lowest BCUT2D eigenvalue weighted by Gasteiger charge is -2.37. The molecule has 8 heteroatoms. The molecule has 35 heavy (non-hydrogen) atoms. The van der Waals surface area contributed by atoms with Crippen molar-refractivity contribution in [2.75, 3.05) is 12.4 Å². The number of methoxy groups -OCH3 is 1. The summed E-state index contributed by atoms with van der Waals surface area (Å²) >= 11 is 0. The minimum atomic E-state index is -0.584. The lowest BCUT2D eigenvalue weighted by atomic mass is 9.76. The minimum Gasteiger partial charge on any atom is -0.465 e. The summed E-state index contributed by atoms with van der Waals surface area (Å²) in [7, 11) is 1.27. The van der Waals surface area contributed by atoms with Crippen molar-refractivity contribution in [1.82, 2.24) is 0 Å². The third-order valence-corrected chi connectivity index (χ3v) is 6.56. The van der Waals surface area contributed by atoms with Crippen LogP contribution in [0.5, 0.6) is 5.75 Å². The Morgan fingerprint density at radius 3 is 2.54 bits per heavy atom. The summed E-state index contributed by atoms with van der Waals surface area (Å²) in [5.41, 5.74) is 3.46. The number of para-hydroxylation sites is 1. The second kappa shape index (κ2) is 9.06. The Kier molecular flexibility index (Phi) is 5.78. The van der Waals surface area contributed by atoms with Crippen molar-refractivity contribution in [2.45, 2.75) is 18.4 Å². The Bertz CT molecular complexity index is 1350. The van der Waals surface area contributed by atoms with Gasteiger partial charge in [0.1, 0.15) is 11.3 Å². The van der Waals surface area contributed by atoms with Crippen molar-refractivity contribution in [3.8, 4) is 5.75 Å². The molecule has 0 radical (unpaired) electrons. The summed E-state index contributed by atoms with van der Waals surface area (Å²) in [6.45, 7) is 0. The lowest BCUT2D eigenvalue weighted by Crippen LogP contribution is -2.29. The first-order valence-electron chi connectivity index (χ1n) is 11.2. The number of hydrogen-bond donors (Lipinski definition) is 1. The van der Waals surface area contributed by atoms with E-state index in [0.717, 1.165) is 23.2 Å². The molecule has 0 unspecified atom stereocenters. The van der Waals surface area contributed by atoms with E-state index >= 15 is 0 Å². The van der Waals surface area contributed by atoms with E-state index in [-0.39, 0.29) is 34.9 Å². The highest BCUT2D eigenvalue weighted by Crippen LogP contribution is 2.50. The average molecular weight is 470 g/mol. The van der Waals surface area contributed by atoms with E-state index in [9.17, 15) is 19.7 Å². The van der Waals surface area contributed by atoms with E-state index in [1.807, 2.05) is 12.1 Å². The largest absolute Gasteiger partial charge is 0.465 e. The predicted molar refractivity (Wildman–Crippen MR) is 129 cm³/mol. The maximum atomic E-state index is 13.0. The molecule has 0 saturated heterocycles. The smallest absolute Gasteiger partial charge is 0.343 e. The molecule has 0 aromatic heterocycles. The first-order chi connectivity index (χ1) is 17.0. The van der Waals surface area contributed by atoms with Crippen molar-refractivity contribution in [3.63, 3.8) is 0 Å². The Morgan fingerprint density at radius 2 is 1.80 bits per heavy atom. The number of nitrogens with zero attached hydrogens (tertiary/aromatic N) is 1. The summed E-state index contributed by atoms with van der Waals surface area (Å²) in [6, 6.07) is 18.4. The zero-order chi connectivity index (χ0) is 24.5. The number of ether oxygens (including phenoxy) is 2. The molecule has 0 spiro atoms. The molecule has 1 aliphatic carbocycles. The van der Waals surface area contributed by atoms with Gasteiger partial charge < -0.3 is 14.8 Å². The molecular weight excluding hydrogens is 448 g/mol. The summed E-state index contributed by atoms with van der Waals surface area (Å²) in [5.74, 6) is -0.728. The van der Waals surface area contributed by atoms with E-state index < -0.39 is 16.9 Å². The average Bonchev–Trinajstić information content (AvgIpc) is 3.38. The second-order valence-corrected chi connectivity index (χ2v) is 8.50. The number of carbonyl (C=O) groups excluding carboxylic acids is 2. The van der Waals surface area contributed by atoms with Crippen LogP contribution in [0.25, 0.3) is 0 Å². The van der Waals surface area contributed by atoms with Crippen LogP contribution in [-0.2, 0) is 4.74 Å². The monoisotopic (exact) mass is 470 g/mol. The number of anilines is 1. The molecule has 1 N–H and O–H groups in total. The number of hydrogen-bond acceptors (Lipinski definition) is 7. The third-order valence-electron chi connectivity index (χ3n) is 6.56. The normalized spacial score (nSPS) is 19.7. The van der Waals surface area contributed by atoms with Gasteiger partial charge in [-0.1, -0.05) is 36.4 Å². The first kappa shape index (κ1) is 22.3. The van der Waals surface area contributed by atoms with Gasteiger partial charge in [0.05, 0.1) is 23.6 Å². The number of rotatable bonds is 5. The number of non-ortho nitro benzene ring substituents is 1. The Morgan fingerprint density at radius 1 is 1.03 bits per heavy atom. The molecule has 2 aliphatic rings. The van der Waals surface area contributed by atoms with Crippen molar-refractivity contribution in [1.29, 1.82) is 0 Å². The van der Waals surface area contributed by atoms with Gasteiger partial charge in [0.2, 0.25) is 0 Å². The molecule has 3 atom stereocenters. The highest BCUT2D eigenvalue weighted by Gasteiger charge is 2.38. The quantitative estimate of drug-likeness (QED) is 0.174. The van der Waals surface area contributed by atoms with E-state index in [2.05, 4.69) is 17.5 Å². The van der Waals surface area contributed by atoms with Crippen molar-refractivity contribution in [2.24, 2.45) is 5.92 Å². The van der Waals surface area contributed by atoms with Gasteiger partial charge >= 0.3 is 11.9 Å². The molecular formula is C27H22N2O6. The highest BCUT2D eigenvalue weighted by molar-refractivity contribution is 5.96. The Hall–Kier alpha value is -4.46. The van der Waals surface area contributed by atoms with Crippen molar-refractivity contribution in [3.05, 3.63) is 111 Å². The zero-order valence-electron chi connectivity index (χ0n) is 18.8. The minimum absolute atomic E-state index is 0.0203. The number of fused-ring (bicyclic) bond motifs is 3. The fourth-order valence-electron chi connectivity index (χ4n) is 4.85. The number of esters is 2. The number of nitro groups is 1. The molecule has 0 amide bonds. The van der Waals surface area contributed by atoms with E-state index in [1.54, 1.807) is 36.4 Å². The summed E-state index contributed by atoms with van der Waals surface area (Å²) in [6.07, 6.45) is 5.12. The molecule has 5 rings (SSSR count). The third kappa shape index (κ3) is 4.14. The van der Waals surface area contributed by atoms with Crippen LogP contribution in [0.1, 0.15) is 50.2 Å². The van der Waals surface area contributed by atoms with Crippen LogP contribution in [0.4, 0.5) is 11.4 Å². The van der Waals surface area contributed by atoms with Crippen LogP contribution in [0.2, 0.25) is 0 Å². The number of benzene rings is 3. The second-order valence-electron chi connectivity index (χ2n) is 8.50. The number of allylic oxidation sites excluding steroid dienone is 2. The highest BCUT2D eigenvalue weighted by atomic mass is 16.6. The molecule has 0 fully saturated rings. The van der Waals surface area contributed by atoms with Gasteiger partial charge in [0.15, 0.2) is 0 Å². The molecule has 3 aromatic rings. The van der Waals surface area contributed by atoms with Gasteiger partial charge in [0.25, 0.3) is 5.69 Å². The topological polar surface area (TPSA) is 108 Å². The number of carbonyl (C=O) groups is 2. The predicted octanol–water partition coefficient (Wildman–Crippen LogP) is 5.43. The molecule has 176 valence electrons. The van der Waals surface area contributed by atoms with Crippen LogP contribution < -0.4 is 10.1 Å². The first-order valence-corrected chi connectivity index (χ1v) is 11.2. The van der Waals surface area contributed by atoms with Gasteiger partial charge in [-0.3, -0.25) is 10.1 Å². The van der Waals surface area contributed by atoms with Crippen LogP contribution in [0.3, 0.4) is 0 Å². The molecule has 3 aromatic carbocycles. The number of nitrogens with one attached hydrogen (secondary N) is 1. The Balaban J connectivity index is 1.42. The molecule has 0 bridgehead atoms. The lowest BCUT2D eigenvalue weighted by molar-refractivity contribution is -0.384. The maximum absolute atomic E-state index is 13.0. The van der Waals surface area contributed by atoms with E-state index in [1.165, 1.54) is 25.3 Å². The molecule has 1 heterocycles. The van der Waals surface area contributed by atoms with Crippen LogP contribution in [0.15, 0.2) is 78.9 Å². The summed E-state index contributed by atoms with van der Waals surface area (Å²) in [5, 5.41) is 14.6.